The van der Waals surface area contributed by atoms with Gasteiger partial charge in [0, 0.05) is 6.04 Å². The molecule has 0 aliphatic carbocycles. The molecule has 1 aromatic rings. The number of aliphatic carboxylic acids is 1. The zero-order chi connectivity index (χ0) is 13.1. The second-order valence-corrected chi connectivity index (χ2v) is 4.73. The van der Waals surface area contributed by atoms with E-state index in [1.807, 2.05) is 20.8 Å². The number of rotatable bonds is 4. The van der Waals surface area contributed by atoms with Crippen molar-refractivity contribution in [1.29, 1.82) is 0 Å². The Morgan fingerprint density at radius 3 is 2.53 bits per heavy atom. The fraction of sp³-hybridized carbons (Fsp3) is 0.667. The molecular weight excluding hydrogens is 226 g/mol. The summed E-state index contributed by atoms with van der Waals surface area (Å²) in [5.74, 6) is -1.62. The Balaban J connectivity index is 2.73. The highest BCUT2D eigenvalue weighted by Crippen LogP contribution is 2.22. The van der Waals surface area contributed by atoms with Crippen molar-refractivity contribution in [2.24, 2.45) is 5.41 Å². The van der Waals surface area contributed by atoms with Crippen LogP contribution in [0, 0.1) is 5.41 Å². The third kappa shape index (κ3) is 3.82. The van der Waals surface area contributed by atoms with Gasteiger partial charge in [-0.25, -0.2) is 0 Å². The van der Waals surface area contributed by atoms with E-state index < -0.39 is 17.9 Å². The van der Waals surface area contributed by atoms with E-state index in [1.165, 1.54) is 0 Å². The third-order valence-corrected chi connectivity index (χ3v) is 2.28. The van der Waals surface area contributed by atoms with Crippen LogP contribution >= 0.6 is 0 Å². The average Bonchev–Trinajstić information content (AvgIpc) is 2.66. The van der Waals surface area contributed by atoms with E-state index in [-0.39, 0.29) is 17.7 Å². The van der Waals surface area contributed by atoms with Gasteiger partial charge in [0.1, 0.15) is 0 Å². The van der Waals surface area contributed by atoms with Gasteiger partial charge in [-0.2, -0.15) is 5.21 Å². The molecule has 3 N–H and O–H groups in total. The number of nitrogens with zero attached hydrogens (tertiary/aromatic N) is 3. The number of carbonyl (C=O) groups is 2. The van der Waals surface area contributed by atoms with Crippen LogP contribution in [0.5, 0.6) is 0 Å². The molecule has 0 aliphatic rings. The minimum absolute atomic E-state index is 0.107. The van der Waals surface area contributed by atoms with E-state index in [0.29, 0.717) is 0 Å². The van der Waals surface area contributed by atoms with Gasteiger partial charge < -0.3 is 10.4 Å². The van der Waals surface area contributed by atoms with Gasteiger partial charge in [-0.15, -0.1) is 10.2 Å². The second-order valence-electron chi connectivity index (χ2n) is 4.73. The lowest BCUT2D eigenvalue weighted by Crippen LogP contribution is -2.45. The number of tetrazole rings is 1. The van der Waals surface area contributed by atoms with Gasteiger partial charge in [0.2, 0.25) is 0 Å². The molecule has 0 spiro atoms. The monoisotopic (exact) mass is 241 g/mol. The molecule has 17 heavy (non-hydrogen) atoms. The van der Waals surface area contributed by atoms with Gasteiger partial charge in [-0.05, 0) is 10.6 Å². The van der Waals surface area contributed by atoms with E-state index in [9.17, 15) is 9.59 Å². The normalized spacial score (nSPS) is 13.1. The molecule has 1 heterocycles. The van der Waals surface area contributed by atoms with Crippen LogP contribution in [0.2, 0.25) is 0 Å². The molecule has 1 rings (SSSR count). The molecular formula is C9H15N5O3. The van der Waals surface area contributed by atoms with Crippen molar-refractivity contribution >= 4 is 11.9 Å². The topological polar surface area (TPSA) is 121 Å². The molecule has 94 valence electrons. The highest BCUT2D eigenvalue weighted by atomic mass is 16.4. The lowest BCUT2D eigenvalue weighted by molar-refractivity contribution is -0.138. The summed E-state index contributed by atoms with van der Waals surface area (Å²) in [6.45, 7) is 5.53. The zero-order valence-electron chi connectivity index (χ0n) is 9.89. The Morgan fingerprint density at radius 1 is 1.47 bits per heavy atom. The maximum Gasteiger partial charge on any atom is 0.305 e. The van der Waals surface area contributed by atoms with Crippen molar-refractivity contribution in [1.82, 2.24) is 25.9 Å². The van der Waals surface area contributed by atoms with Crippen LogP contribution in [0.4, 0.5) is 0 Å². The second kappa shape index (κ2) is 4.89. The number of carbonyl (C=O) groups excluding carboxylic acids is 1. The van der Waals surface area contributed by atoms with Crippen LogP contribution in [-0.2, 0) is 4.79 Å². The van der Waals surface area contributed by atoms with Crippen LogP contribution < -0.4 is 5.32 Å². The van der Waals surface area contributed by atoms with Gasteiger partial charge in [-0.1, -0.05) is 20.8 Å². The number of aromatic amines is 1. The average molecular weight is 241 g/mol. The van der Waals surface area contributed by atoms with Crippen molar-refractivity contribution in [2.45, 2.75) is 33.2 Å². The van der Waals surface area contributed by atoms with E-state index in [4.69, 9.17) is 5.11 Å². The summed E-state index contributed by atoms with van der Waals surface area (Å²) in [5.41, 5.74) is -0.377. The van der Waals surface area contributed by atoms with Crippen LogP contribution in [0.3, 0.4) is 0 Å². The summed E-state index contributed by atoms with van der Waals surface area (Å²) in [6.07, 6.45) is -0.160. The Hall–Kier alpha value is -1.99. The minimum Gasteiger partial charge on any atom is -0.481 e. The molecule has 0 radical (unpaired) electrons. The largest absolute Gasteiger partial charge is 0.481 e. The fourth-order valence-corrected chi connectivity index (χ4v) is 1.23. The maximum absolute atomic E-state index is 11.7. The quantitative estimate of drug-likeness (QED) is 0.672. The highest BCUT2D eigenvalue weighted by Gasteiger charge is 2.29. The van der Waals surface area contributed by atoms with Gasteiger partial charge in [0.15, 0.2) is 0 Å². The third-order valence-electron chi connectivity index (χ3n) is 2.28. The van der Waals surface area contributed by atoms with Crippen LogP contribution in [0.15, 0.2) is 0 Å². The molecule has 0 saturated carbocycles. The van der Waals surface area contributed by atoms with Gasteiger partial charge in [0.05, 0.1) is 6.42 Å². The van der Waals surface area contributed by atoms with Crippen molar-refractivity contribution in [2.75, 3.05) is 0 Å². The van der Waals surface area contributed by atoms with Gasteiger partial charge in [0.25, 0.3) is 11.7 Å². The number of carboxylic acid groups (broad SMARTS) is 1. The summed E-state index contributed by atoms with van der Waals surface area (Å²) < 4.78 is 0. The summed E-state index contributed by atoms with van der Waals surface area (Å²) in [4.78, 5) is 22.4. The molecule has 1 atom stereocenters. The number of amides is 1. The van der Waals surface area contributed by atoms with Crippen molar-refractivity contribution in [3.05, 3.63) is 5.82 Å². The zero-order valence-corrected chi connectivity index (χ0v) is 9.89. The molecule has 8 heteroatoms. The summed E-state index contributed by atoms with van der Waals surface area (Å²) in [6, 6.07) is -0.508. The molecule has 0 aromatic carbocycles. The van der Waals surface area contributed by atoms with E-state index in [0.717, 1.165) is 0 Å². The van der Waals surface area contributed by atoms with Crippen molar-refractivity contribution in [3.8, 4) is 0 Å². The van der Waals surface area contributed by atoms with Crippen LogP contribution in [0.25, 0.3) is 0 Å². The molecule has 0 aliphatic heterocycles. The molecule has 1 unspecified atom stereocenters. The van der Waals surface area contributed by atoms with Crippen molar-refractivity contribution < 1.29 is 14.7 Å². The van der Waals surface area contributed by atoms with Crippen LogP contribution in [0.1, 0.15) is 37.8 Å². The molecule has 0 saturated heterocycles. The van der Waals surface area contributed by atoms with E-state index in [1.54, 1.807) is 0 Å². The van der Waals surface area contributed by atoms with Gasteiger partial charge in [-0.3, -0.25) is 9.59 Å². The molecule has 1 aromatic heterocycles. The molecule has 0 fully saturated rings. The molecule has 8 nitrogen and oxygen atoms in total. The highest BCUT2D eigenvalue weighted by molar-refractivity contribution is 5.90. The smallest absolute Gasteiger partial charge is 0.305 e. The predicted molar refractivity (Wildman–Crippen MR) is 57.1 cm³/mol. The Bertz CT molecular complexity index is 395. The number of H-pyrrole nitrogens is 1. The Kier molecular flexibility index (Phi) is 3.77. The standard InChI is InChI=1S/C9H15N5O3/c1-9(2,3)5(4-6(15)16)10-8(17)7-11-13-14-12-7/h5H,4H2,1-3H3,(H,10,17)(H,15,16)(H,11,12,13,14). The van der Waals surface area contributed by atoms with Crippen LogP contribution in [-0.4, -0.2) is 43.6 Å². The minimum atomic E-state index is -0.974. The lowest BCUT2D eigenvalue weighted by Gasteiger charge is -2.29. The van der Waals surface area contributed by atoms with E-state index in [2.05, 4.69) is 25.9 Å². The first-order valence-electron chi connectivity index (χ1n) is 5.07. The first-order chi connectivity index (χ1) is 7.80. The maximum atomic E-state index is 11.7. The van der Waals surface area contributed by atoms with Crippen molar-refractivity contribution in [3.63, 3.8) is 0 Å². The van der Waals surface area contributed by atoms with E-state index >= 15 is 0 Å². The first kappa shape index (κ1) is 13.1. The molecule has 0 bridgehead atoms. The molecule has 1 amide bonds. The van der Waals surface area contributed by atoms with Gasteiger partial charge >= 0.3 is 5.97 Å². The number of aromatic nitrogens is 4. The summed E-state index contributed by atoms with van der Waals surface area (Å²) >= 11 is 0. The number of carboxylic acids is 1. The Labute approximate surface area is 97.8 Å². The Morgan fingerprint density at radius 2 is 2.12 bits per heavy atom. The lowest BCUT2D eigenvalue weighted by atomic mass is 9.84. The summed E-state index contributed by atoms with van der Waals surface area (Å²) in [5, 5.41) is 23.8. The fourth-order valence-electron chi connectivity index (χ4n) is 1.23. The number of nitrogens with one attached hydrogen (secondary N) is 2. The number of hydrogen-bond acceptors (Lipinski definition) is 5. The summed E-state index contributed by atoms with van der Waals surface area (Å²) in [7, 11) is 0. The SMILES string of the molecule is CC(C)(C)C(CC(=O)O)NC(=O)c1nn[nH]n1. The predicted octanol–water partition coefficient (Wildman–Crippen LogP) is -0.181. The first-order valence-corrected chi connectivity index (χ1v) is 5.07. The number of hydrogen-bond donors (Lipinski definition) is 3.